The average Bonchev–Trinajstić information content (AvgIpc) is 2.34. The molecule has 6 nitrogen and oxygen atoms in total. The maximum absolute atomic E-state index is 10.7. The number of carboxylic acids is 1. The molecule has 0 unspecified atom stereocenters. The van der Waals surface area contributed by atoms with Gasteiger partial charge in [-0.05, 0) is 18.2 Å². The van der Waals surface area contributed by atoms with Crippen molar-refractivity contribution in [3.05, 3.63) is 57.9 Å². The van der Waals surface area contributed by atoms with E-state index in [4.69, 9.17) is 5.11 Å². The molecule has 0 amide bonds. The molecule has 0 heterocycles. The van der Waals surface area contributed by atoms with E-state index < -0.39 is 10.9 Å². The molecule has 0 atom stereocenters. The summed E-state index contributed by atoms with van der Waals surface area (Å²) in [6, 6.07) is 6.15. The van der Waals surface area contributed by atoms with Gasteiger partial charge in [0.1, 0.15) is 0 Å². The fraction of sp³-hybridized carbons (Fsp3) is 0.0833. The van der Waals surface area contributed by atoms with Crippen molar-refractivity contribution >= 4 is 17.7 Å². The van der Waals surface area contributed by atoms with Crippen LogP contribution in [0.1, 0.15) is 5.56 Å². The van der Waals surface area contributed by atoms with E-state index in [1.807, 2.05) is 0 Å². The van der Waals surface area contributed by atoms with Crippen molar-refractivity contribution in [2.45, 2.75) is 0 Å². The second kappa shape index (κ2) is 6.19. The lowest BCUT2D eigenvalue weighted by Crippen LogP contribution is -2.01. The number of allylic oxidation sites excluding steroid dienone is 2. The molecular formula is C12H11NO5. The molecule has 0 aromatic heterocycles. The second-order valence-corrected chi connectivity index (χ2v) is 3.22. The van der Waals surface area contributed by atoms with Gasteiger partial charge in [0.2, 0.25) is 5.76 Å². The Morgan fingerprint density at radius 2 is 2.11 bits per heavy atom. The molecule has 94 valence electrons. The summed E-state index contributed by atoms with van der Waals surface area (Å²) in [5, 5.41) is 19.4. The number of rotatable bonds is 5. The zero-order valence-corrected chi connectivity index (χ0v) is 9.57. The molecule has 1 aromatic carbocycles. The Bertz CT molecular complexity index is 519. The molecule has 0 aliphatic carbocycles. The number of methoxy groups -OCH3 is 1. The Hall–Kier alpha value is -2.63. The Labute approximate surface area is 103 Å². The molecule has 18 heavy (non-hydrogen) atoms. The van der Waals surface area contributed by atoms with Crippen LogP contribution in [0.5, 0.6) is 0 Å². The number of benzene rings is 1. The zero-order chi connectivity index (χ0) is 13.5. The van der Waals surface area contributed by atoms with E-state index >= 15 is 0 Å². The van der Waals surface area contributed by atoms with Gasteiger partial charge in [-0.25, -0.2) is 4.79 Å². The average molecular weight is 249 g/mol. The Balaban J connectivity index is 2.98. The van der Waals surface area contributed by atoms with Gasteiger partial charge < -0.3 is 9.84 Å². The molecule has 6 heteroatoms. The number of hydrogen-bond donors (Lipinski definition) is 1. The van der Waals surface area contributed by atoms with Crippen molar-refractivity contribution in [1.82, 2.24) is 0 Å². The number of aliphatic carboxylic acids is 1. The van der Waals surface area contributed by atoms with Gasteiger partial charge in [0, 0.05) is 6.07 Å². The fourth-order valence-corrected chi connectivity index (χ4v) is 1.26. The van der Waals surface area contributed by atoms with Crippen molar-refractivity contribution in [2.75, 3.05) is 7.11 Å². The molecule has 0 spiro atoms. The van der Waals surface area contributed by atoms with Crippen LogP contribution in [0.4, 0.5) is 5.69 Å². The van der Waals surface area contributed by atoms with Crippen molar-refractivity contribution < 1.29 is 19.6 Å². The smallest absolute Gasteiger partial charge is 0.371 e. The van der Waals surface area contributed by atoms with E-state index in [1.165, 1.54) is 31.4 Å². The number of nitrogens with zero attached hydrogens (tertiary/aromatic N) is 1. The molecule has 0 fully saturated rings. The summed E-state index contributed by atoms with van der Waals surface area (Å²) in [5.74, 6) is -1.45. The fourth-order valence-electron chi connectivity index (χ4n) is 1.26. The number of nitro benzene ring substituents is 1. The van der Waals surface area contributed by atoms with Crippen molar-refractivity contribution in [3.63, 3.8) is 0 Å². The minimum atomic E-state index is -1.20. The second-order valence-electron chi connectivity index (χ2n) is 3.22. The number of carbonyl (C=O) groups is 1. The van der Waals surface area contributed by atoms with Crippen LogP contribution >= 0.6 is 0 Å². The summed E-state index contributed by atoms with van der Waals surface area (Å²) in [7, 11) is 1.23. The van der Waals surface area contributed by atoms with E-state index in [1.54, 1.807) is 18.2 Å². The lowest BCUT2D eigenvalue weighted by atomic mass is 10.1. The van der Waals surface area contributed by atoms with Gasteiger partial charge in [0.05, 0.1) is 17.6 Å². The quantitative estimate of drug-likeness (QED) is 0.284. The maximum Gasteiger partial charge on any atom is 0.371 e. The highest BCUT2D eigenvalue weighted by molar-refractivity contribution is 5.84. The summed E-state index contributed by atoms with van der Waals surface area (Å²) >= 11 is 0. The van der Waals surface area contributed by atoms with E-state index in [0.717, 1.165) is 0 Å². The van der Waals surface area contributed by atoms with Crippen molar-refractivity contribution in [2.24, 2.45) is 0 Å². The van der Waals surface area contributed by atoms with E-state index in [0.29, 0.717) is 5.56 Å². The van der Waals surface area contributed by atoms with Gasteiger partial charge >= 0.3 is 5.97 Å². The maximum atomic E-state index is 10.7. The molecule has 0 saturated heterocycles. The highest BCUT2D eigenvalue weighted by Crippen LogP contribution is 2.18. The van der Waals surface area contributed by atoms with Crippen molar-refractivity contribution in [1.29, 1.82) is 0 Å². The van der Waals surface area contributed by atoms with Gasteiger partial charge in [0.25, 0.3) is 5.69 Å². The van der Waals surface area contributed by atoms with Crippen molar-refractivity contribution in [3.8, 4) is 0 Å². The van der Waals surface area contributed by atoms with Crippen LogP contribution in [-0.4, -0.2) is 23.1 Å². The topological polar surface area (TPSA) is 89.7 Å². The number of ether oxygens (including phenoxy) is 1. The SMILES string of the molecule is CO/C(=C\C=C\c1ccccc1[N+](=O)[O-])C(=O)O. The number of para-hydroxylation sites is 1. The molecule has 0 aliphatic rings. The Kier molecular flexibility index (Phi) is 4.62. The molecule has 1 rings (SSSR count). The third-order valence-electron chi connectivity index (χ3n) is 2.09. The van der Waals surface area contributed by atoms with E-state index in [9.17, 15) is 14.9 Å². The van der Waals surface area contributed by atoms with Gasteiger partial charge in [0.15, 0.2) is 0 Å². The third-order valence-corrected chi connectivity index (χ3v) is 2.09. The number of nitro groups is 1. The van der Waals surface area contributed by atoms with Gasteiger partial charge in [-0.3, -0.25) is 10.1 Å². The summed E-state index contributed by atoms with van der Waals surface area (Å²) < 4.78 is 4.60. The minimum absolute atomic E-state index is 0.0450. The first-order valence-corrected chi connectivity index (χ1v) is 4.95. The number of carboxylic acid groups (broad SMARTS) is 1. The monoisotopic (exact) mass is 249 g/mol. The van der Waals surface area contributed by atoms with Crippen LogP contribution < -0.4 is 0 Å². The molecule has 1 N–H and O–H groups in total. The predicted molar refractivity (Wildman–Crippen MR) is 64.9 cm³/mol. The molecule has 1 aromatic rings. The van der Waals surface area contributed by atoms with Crippen LogP contribution in [0.2, 0.25) is 0 Å². The molecular weight excluding hydrogens is 238 g/mol. The normalized spacial score (nSPS) is 11.5. The first-order valence-electron chi connectivity index (χ1n) is 4.95. The highest BCUT2D eigenvalue weighted by Gasteiger charge is 2.09. The predicted octanol–water partition coefficient (Wildman–Crippen LogP) is 2.22. The van der Waals surface area contributed by atoms with Crippen LogP contribution in [0.15, 0.2) is 42.2 Å². The highest BCUT2D eigenvalue weighted by atomic mass is 16.6. The summed E-state index contributed by atoms with van der Waals surface area (Å²) in [6.07, 6.45) is 4.05. The van der Waals surface area contributed by atoms with Gasteiger partial charge in [-0.1, -0.05) is 18.2 Å². The van der Waals surface area contributed by atoms with E-state index in [-0.39, 0.29) is 11.4 Å². The third kappa shape index (κ3) is 3.44. The molecule has 0 bridgehead atoms. The first kappa shape index (κ1) is 13.4. The summed E-state index contributed by atoms with van der Waals surface area (Å²) in [5.41, 5.74) is 0.344. The summed E-state index contributed by atoms with van der Waals surface area (Å²) in [6.45, 7) is 0. The van der Waals surface area contributed by atoms with Crippen LogP contribution in [-0.2, 0) is 9.53 Å². The number of hydrogen-bond acceptors (Lipinski definition) is 4. The van der Waals surface area contributed by atoms with E-state index in [2.05, 4.69) is 4.74 Å². The first-order chi connectivity index (χ1) is 8.56. The zero-order valence-electron chi connectivity index (χ0n) is 9.57. The van der Waals surface area contributed by atoms with Crippen LogP contribution in [0, 0.1) is 10.1 Å². The standard InChI is InChI=1S/C12H11NO5/c1-18-11(12(14)15)8-4-6-9-5-2-3-7-10(9)13(16)17/h2-8H,1H3,(H,14,15)/b6-4+,11-8-. The lowest BCUT2D eigenvalue weighted by Gasteiger charge is -1.97. The minimum Gasteiger partial charge on any atom is -0.490 e. The van der Waals surface area contributed by atoms with Gasteiger partial charge in [-0.2, -0.15) is 0 Å². The molecule has 0 radical (unpaired) electrons. The summed E-state index contributed by atoms with van der Waals surface area (Å²) in [4.78, 5) is 20.8. The lowest BCUT2D eigenvalue weighted by molar-refractivity contribution is -0.385. The van der Waals surface area contributed by atoms with Crippen LogP contribution in [0.3, 0.4) is 0 Å². The largest absolute Gasteiger partial charge is 0.490 e. The molecule has 0 saturated carbocycles. The van der Waals surface area contributed by atoms with Gasteiger partial charge in [-0.15, -0.1) is 0 Å². The molecule has 0 aliphatic heterocycles. The Morgan fingerprint density at radius 3 is 2.67 bits per heavy atom. The van der Waals surface area contributed by atoms with Crippen LogP contribution in [0.25, 0.3) is 6.08 Å². The Morgan fingerprint density at radius 1 is 1.44 bits per heavy atom.